The molecule has 1 atom stereocenters. The number of hydrogen-bond acceptors (Lipinski definition) is 5. The van der Waals surface area contributed by atoms with Crippen molar-refractivity contribution < 1.29 is 17.9 Å². The van der Waals surface area contributed by atoms with Gasteiger partial charge in [-0.2, -0.15) is 17.4 Å². The van der Waals surface area contributed by atoms with Crippen molar-refractivity contribution in [3.63, 3.8) is 0 Å². The summed E-state index contributed by atoms with van der Waals surface area (Å²) in [5.41, 5.74) is 0. The SMILES string of the molecule is COC(=O)CCN(C)S(=O)(=O)NC1CN2CCC1CC2. The molecule has 0 aromatic heterocycles. The molecule has 116 valence electrons. The van der Waals surface area contributed by atoms with Crippen molar-refractivity contribution in [1.29, 1.82) is 0 Å². The lowest BCUT2D eigenvalue weighted by atomic mass is 9.85. The lowest BCUT2D eigenvalue weighted by molar-refractivity contribution is -0.140. The normalized spacial score (nSPS) is 29.6. The second-order valence-corrected chi connectivity index (χ2v) is 7.32. The van der Waals surface area contributed by atoms with Crippen LogP contribution in [0.1, 0.15) is 19.3 Å². The van der Waals surface area contributed by atoms with E-state index in [-0.39, 0.29) is 19.0 Å². The largest absolute Gasteiger partial charge is 0.469 e. The fourth-order valence-corrected chi connectivity index (χ4v) is 4.01. The molecule has 3 fully saturated rings. The highest BCUT2D eigenvalue weighted by Crippen LogP contribution is 2.28. The number of rotatable bonds is 6. The smallest absolute Gasteiger partial charge is 0.306 e. The van der Waals surface area contributed by atoms with Gasteiger partial charge in [0.25, 0.3) is 10.2 Å². The number of fused-ring (bicyclic) bond motifs is 3. The van der Waals surface area contributed by atoms with Crippen LogP contribution in [0.2, 0.25) is 0 Å². The van der Waals surface area contributed by atoms with Gasteiger partial charge in [0.2, 0.25) is 0 Å². The lowest BCUT2D eigenvalue weighted by Gasteiger charge is -2.45. The molecule has 0 aromatic rings. The highest BCUT2D eigenvalue weighted by atomic mass is 32.2. The van der Waals surface area contributed by atoms with Gasteiger partial charge in [-0.3, -0.25) is 4.79 Å². The summed E-state index contributed by atoms with van der Waals surface area (Å²) in [6, 6.07) is -0.0110. The molecule has 1 unspecified atom stereocenters. The van der Waals surface area contributed by atoms with Crippen LogP contribution in [0.4, 0.5) is 0 Å². The molecule has 0 radical (unpaired) electrons. The molecule has 1 N–H and O–H groups in total. The summed E-state index contributed by atoms with van der Waals surface area (Å²) < 4.78 is 32.9. The Morgan fingerprint density at radius 2 is 2.05 bits per heavy atom. The second kappa shape index (κ2) is 6.38. The molecule has 20 heavy (non-hydrogen) atoms. The summed E-state index contributed by atoms with van der Waals surface area (Å²) in [5, 5.41) is 0. The molecule has 3 aliphatic heterocycles. The second-order valence-electron chi connectivity index (χ2n) is 5.52. The van der Waals surface area contributed by atoms with Gasteiger partial charge in [0.1, 0.15) is 0 Å². The lowest BCUT2D eigenvalue weighted by Crippen LogP contribution is -2.58. The van der Waals surface area contributed by atoms with Crippen LogP contribution < -0.4 is 4.72 Å². The van der Waals surface area contributed by atoms with E-state index in [0.717, 1.165) is 32.5 Å². The Morgan fingerprint density at radius 3 is 2.55 bits per heavy atom. The number of methoxy groups -OCH3 is 1. The quantitative estimate of drug-likeness (QED) is 0.664. The Bertz CT molecular complexity index is 446. The van der Waals surface area contributed by atoms with Gasteiger partial charge >= 0.3 is 5.97 Å². The van der Waals surface area contributed by atoms with Crippen molar-refractivity contribution in [2.24, 2.45) is 5.92 Å². The summed E-state index contributed by atoms with van der Waals surface area (Å²) >= 11 is 0. The summed E-state index contributed by atoms with van der Waals surface area (Å²) in [5.74, 6) is 0.0265. The van der Waals surface area contributed by atoms with Crippen LogP contribution in [0.25, 0.3) is 0 Å². The average molecular weight is 305 g/mol. The van der Waals surface area contributed by atoms with Crippen molar-refractivity contribution in [3.05, 3.63) is 0 Å². The fourth-order valence-electron chi connectivity index (χ4n) is 2.85. The van der Waals surface area contributed by atoms with E-state index in [2.05, 4.69) is 14.4 Å². The molecular formula is C12H23N3O4S. The Hall–Kier alpha value is -0.700. The van der Waals surface area contributed by atoms with E-state index in [1.54, 1.807) is 0 Å². The molecule has 0 aliphatic carbocycles. The van der Waals surface area contributed by atoms with Crippen LogP contribution >= 0.6 is 0 Å². The molecule has 7 nitrogen and oxygen atoms in total. The maximum absolute atomic E-state index is 12.2. The number of carbonyl (C=O) groups is 1. The van der Waals surface area contributed by atoms with Crippen molar-refractivity contribution >= 4 is 16.2 Å². The molecule has 3 saturated heterocycles. The Kier molecular flexibility index (Phi) is 5.00. The van der Waals surface area contributed by atoms with Crippen LogP contribution in [-0.4, -0.2) is 70.0 Å². The zero-order valence-electron chi connectivity index (χ0n) is 12.0. The topological polar surface area (TPSA) is 78.9 Å². The van der Waals surface area contributed by atoms with Crippen molar-refractivity contribution in [1.82, 2.24) is 13.9 Å². The van der Waals surface area contributed by atoms with Gasteiger partial charge in [0, 0.05) is 26.2 Å². The van der Waals surface area contributed by atoms with Gasteiger partial charge < -0.3 is 9.64 Å². The third-order valence-electron chi connectivity index (χ3n) is 4.23. The average Bonchev–Trinajstić information content (AvgIpc) is 2.45. The Morgan fingerprint density at radius 1 is 1.40 bits per heavy atom. The first-order chi connectivity index (χ1) is 9.42. The first-order valence-electron chi connectivity index (χ1n) is 6.95. The van der Waals surface area contributed by atoms with E-state index in [4.69, 9.17) is 0 Å². The van der Waals surface area contributed by atoms with E-state index in [0.29, 0.717) is 5.92 Å². The Balaban J connectivity index is 1.88. The van der Waals surface area contributed by atoms with Gasteiger partial charge in [-0.05, 0) is 31.8 Å². The number of carbonyl (C=O) groups excluding carboxylic acids is 1. The molecule has 2 bridgehead atoms. The molecule has 0 saturated carbocycles. The number of nitrogens with one attached hydrogen (secondary N) is 1. The predicted molar refractivity (Wildman–Crippen MR) is 74.3 cm³/mol. The van der Waals surface area contributed by atoms with Gasteiger partial charge in [0.05, 0.1) is 13.5 Å². The summed E-state index contributed by atoms with van der Waals surface area (Å²) in [6.07, 6.45) is 2.17. The van der Waals surface area contributed by atoms with Crippen LogP contribution in [-0.2, 0) is 19.7 Å². The van der Waals surface area contributed by atoms with Crippen LogP contribution in [0.15, 0.2) is 0 Å². The number of piperidine rings is 3. The monoisotopic (exact) mass is 305 g/mol. The van der Waals surface area contributed by atoms with Gasteiger partial charge in [-0.15, -0.1) is 0 Å². The molecule has 3 rings (SSSR count). The van der Waals surface area contributed by atoms with E-state index in [1.165, 1.54) is 18.5 Å². The zero-order valence-corrected chi connectivity index (χ0v) is 12.9. The van der Waals surface area contributed by atoms with Gasteiger partial charge in [0.15, 0.2) is 0 Å². The van der Waals surface area contributed by atoms with Crippen molar-refractivity contribution in [2.45, 2.75) is 25.3 Å². The molecule has 0 spiro atoms. The fraction of sp³-hybridized carbons (Fsp3) is 0.917. The summed E-state index contributed by atoms with van der Waals surface area (Å²) in [7, 11) is -0.765. The molecular weight excluding hydrogens is 282 g/mol. The number of nitrogens with zero attached hydrogens (tertiary/aromatic N) is 2. The maximum Gasteiger partial charge on any atom is 0.306 e. The van der Waals surface area contributed by atoms with Gasteiger partial charge in [-0.1, -0.05) is 0 Å². The first-order valence-corrected chi connectivity index (χ1v) is 8.39. The molecule has 0 amide bonds. The van der Waals surface area contributed by atoms with Crippen molar-refractivity contribution in [3.8, 4) is 0 Å². The Labute approximate surface area is 120 Å². The highest BCUT2D eigenvalue weighted by molar-refractivity contribution is 7.87. The van der Waals surface area contributed by atoms with E-state index >= 15 is 0 Å². The van der Waals surface area contributed by atoms with E-state index in [1.807, 2.05) is 0 Å². The molecule has 3 aliphatic rings. The summed E-state index contributed by atoms with van der Waals surface area (Å²) in [6.45, 7) is 3.06. The zero-order chi connectivity index (χ0) is 14.8. The third-order valence-corrected chi connectivity index (χ3v) is 5.83. The molecule has 8 heteroatoms. The van der Waals surface area contributed by atoms with E-state index in [9.17, 15) is 13.2 Å². The molecule has 3 heterocycles. The highest BCUT2D eigenvalue weighted by Gasteiger charge is 2.37. The van der Waals surface area contributed by atoms with Crippen molar-refractivity contribution in [2.75, 3.05) is 40.3 Å². The van der Waals surface area contributed by atoms with Crippen LogP contribution in [0.5, 0.6) is 0 Å². The minimum Gasteiger partial charge on any atom is -0.469 e. The standard InChI is InChI=1S/C12H23N3O4S/c1-14(6-5-12(16)19-2)20(17,18)13-11-9-15-7-3-10(11)4-8-15/h10-11,13H,3-9H2,1-2H3. The first kappa shape index (κ1) is 15.7. The van der Waals surface area contributed by atoms with Crippen LogP contribution in [0.3, 0.4) is 0 Å². The maximum atomic E-state index is 12.2. The third kappa shape index (κ3) is 3.69. The summed E-state index contributed by atoms with van der Waals surface area (Å²) in [4.78, 5) is 13.4. The van der Waals surface area contributed by atoms with E-state index < -0.39 is 16.2 Å². The number of hydrogen-bond donors (Lipinski definition) is 1. The van der Waals surface area contributed by atoms with Crippen LogP contribution in [0, 0.1) is 5.92 Å². The molecule has 0 aromatic carbocycles. The minimum absolute atomic E-state index is 0.0110. The number of esters is 1. The predicted octanol–water partition coefficient (Wildman–Crippen LogP) is -0.590. The minimum atomic E-state index is -3.54. The van der Waals surface area contributed by atoms with Gasteiger partial charge in [-0.25, -0.2) is 0 Å². The number of ether oxygens (including phenoxy) is 1.